The predicted octanol–water partition coefficient (Wildman–Crippen LogP) is 4.18. The zero-order chi connectivity index (χ0) is 21.5. The van der Waals surface area contributed by atoms with Crippen LogP contribution < -0.4 is 16.4 Å². The molecule has 0 unspecified atom stereocenters. The van der Waals surface area contributed by atoms with Crippen molar-refractivity contribution in [2.45, 2.75) is 26.4 Å². The molecule has 0 saturated carbocycles. The van der Waals surface area contributed by atoms with Crippen molar-refractivity contribution in [2.24, 2.45) is 0 Å². The highest BCUT2D eigenvalue weighted by Gasteiger charge is 2.16. The zero-order valence-electron chi connectivity index (χ0n) is 16.9. The molecular formula is C23H21N3O4. The van der Waals surface area contributed by atoms with Gasteiger partial charge in [-0.1, -0.05) is 30.3 Å². The molecule has 0 radical (unpaired) electrons. The molecule has 4 rings (SSSR count). The molecule has 1 aromatic heterocycles. The summed E-state index contributed by atoms with van der Waals surface area (Å²) < 4.78 is 6.61. The largest absolute Gasteiger partial charge is 0.444 e. The number of ether oxygens (including phenoxy) is 1. The highest BCUT2D eigenvalue weighted by molar-refractivity contribution is 6.04. The van der Waals surface area contributed by atoms with E-state index in [9.17, 15) is 14.4 Å². The van der Waals surface area contributed by atoms with Crippen LogP contribution in [0.1, 0.15) is 20.8 Å². The quantitative estimate of drug-likeness (QED) is 0.388. The number of nitrogens with one attached hydrogen (secondary N) is 2. The number of amides is 1. The van der Waals surface area contributed by atoms with Gasteiger partial charge in [0.2, 0.25) is 0 Å². The molecule has 7 nitrogen and oxygen atoms in total. The van der Waals surface area contributed by atoms with Gasteiger partial charge in [0.25, 0.3) is 0 Å². The molecule has 2 N–H and O–H groups in total. The van der Waals surface area contributed by atoms with E-state index in [1.807, 2.05) is 36.4 Å². The van der Waals surface area contributed by atoms with Crippen molar-refractivity contribution in [3.8, 4) is 5.69 Å². The lowest BCUT2D eigenvalue weighted by Gasteiger charge is -2.19. The smallest absolute Gasteiger partial charge is 0.412 e. The molecule has 1 amide bonds. The minimum Gasteiger partial charge on any atom is -0.444 e. The summed E-state index contributed by atoms with van der Waals surface area (Å²) in [6, 6.07) is 18.0. The van der Waals surface area contributed by atoms with E-state index >= 15 is 0 Å². The predicted molar refractivity (Wildman–Crippen MR) is 118 cm³/mol. The second-order valence-corrected chi connectivity index (χ2v) is 7.95. The highest BCUT2D eigenvalue weighted by atomic mass is 16.6. The second-order valence-electron chi connectivity index (χ2n) is 7.95. The molecule has 3 aromatic carbocycles. The Bertz CT molecular complexity index is 1380. The molecule has 0 aliphatic rings. The number of hydrogen-bond acceptors (Lipinski definition) is 4. The molecule has 1 heterocycles. The van der Waals surface area contributed by atoms with Crippen molar-refractivity contribution >= 4 is 33.6 Å². The van der Waals surface area contributed by atoms with E-state index < -0.39 is 22.8 Å². The number of nitrogens with zero attached hydrogens (tertiary/aromatic N) is 1. The third-order valence-electron chi connectivity index (χ3n) is 4.55. The molecule has 0 saturated heterocycles. The average Bonchev–Trinajstić information content (AvgIpc) is 2.68. The highest BCUT2D eigenvalue weighted by Crippen LogP contribution is 2.24. The lowest BCUT2D eigenvalue weighted by atomic mass is 10.1. The van der Waals surface area contributed by atoms with Gasteiger partial charge >= 0.3 is 17.2 Å². The summed E-state index contributed by atoms with van der Waals surface area (Å²) in [5, 5.41) is 4.46. The number of fused-ring (bicyclic) bond motifs is 3. The summed E-state index contributed by atoms with van der Waals surface area (Å²) in [6.45, 7) is 5.34. The minimum absolute atomic E-state index is 0.514. The summed E-state index contributed by atoms with van der Waals surface area (Å²) in [5.74, 6) is 0. The van der Waals surface area contributed by atoms with Gasteiger partial charge in [-0.2, -0.15) is 0 Å². The van der Waals surface area contributed by atoms with Crippen LogP contribution in [0, 0.1) is 0 Å². The Morgan fingerprint density at radius 2 is 1.67 bits per heavy atom. The third-order valence-corrected chi connectivity index (χ3v) is 4.55. The van der Waals surface area contributed by atoms with E-state index in [0.717, 1.165) is 10.8 Å². The second kappa shape index (κ2) is 7.18. The number of carbonyl (C=O) groups is 1. The van der Waals surface area contributed by atoms with Gasteiger partial charge in [-0.15, -0.1) is 0 Å². The first kappa shape index (κ1) is 19.4. The average molecular weight is 403 g/mol. The molecule has 152 valence electrons. The van der Waals surface area contributed by atoms with E-state index in [-0.39, 0.29) is 0 Å². The van der Waals surface area contributed by atoms with Gasteiger partial charge in [-0.05, 0) is 56.5 Å². The van der Waals surface area contributed by atoms with Crippen LogP contribution in [-0.2, 0) is 4.74 Å². The lowest BCUT2D eigenvalue weighted by molar-refractivity contribution is 0.0636. The van der Waals surface area contributed by atoms with Crippen LogP contribution >= 0.6 is 0 Å². The van der Waals surface area contributed by atoms with Gasteiger partial charge in [-0.3, -0.25) is 19.5 Å². The van der Waals surface area contributed by atoms with Crippen molar-refractivity contribution in [1.29, 1.82) is 0 Å². The SMILES string of the molecule is CC(C)(C)OC(=O)Nc1ccc(-n2c(=O)c(=O)[nH]c3c4ccccc4ccc32)cc1. The Balaban J connectivity index is 1.79. The molecule has 0 aliphatic heterocycles. The van der Waals surface area contributed by atoms with Crippen LogP contribution in [-0.4, -0.2) is 21.2 Å². The molecule has 7 heteroatoms. The number of aromatic nitrogens is 2. The van der Waals surface area contributed by atoms with Gasteiger partial charge in [-0.25, -0.2) is 4.79 Å². The number of carbonyl (C=O) groups excluding carboxylic acids is 1. The van der Waals surface area contributed by atoms with Crippen molar-refractivity contribution in [3.05, 3.63) is 81.4 Å². The summed E-state index contributed by atoms with van der Waals surface area (Å²) in [5.41, 5.74) is 0.228. The monoisotopic (exact) mass is 403 g/mol. The van der Waals surface area contributed by atoms with Gasteiger partial charge in [0, 0.05) is 16.8 Å². The Hall–Kier alpha value is -3.87. The number of benzene rings is 3. The van der Waals surface area contributed by atoms with Crippen molar-refractivity contribution in [1.82, 2.24) is 9.55 Å². The molecule has 0 spiro atoms. The van der Waals surface area contributed by atoms with Gasteiger partial charge in [0.05, 0.1) is 11.0 Å². The zero-order valence-corrected chi connectivity index (χ0v) is 16.9. The summed E-state index contributed by atoms with van der Waals surface area (Å²) in [7, 11) is 0. The first-order valence-electron chi connectivity index (χ1n) is 9.50. The van der Waals surface area contributed by atoms with Crippen LogP contribution in [0.25, 0.3) is 27.5 Å². The maximum atomic E-state index is 12.7. The minimum atomic E-state index is -0.699. The lowest BCUT2D eigenvalue weighted by Crippen LogP contribution is -2.35. The van der Waals surface area contributed by atoms with Crippen LogP contribution in [0.15, 0.2) is 70.3 Å². The first-order valence-corrected chi connectivity index (χ1v) is 9.50. The molecule has 30 heavy (non-hydrogen) atoms. The van der Waals surface area contributed by atoms with E-state index in [1.54, 1.807) is 45.0 Å². The number of aromatic amines is 1. The van der Waals surface area contributed by atoms with Crippen LogP contribution in [0.4, 0.5) is 10.5 Å². The molecule has 0 bridgehead atoms. The van der Waals surface area contributed by atoms with Gasteiger partial charge in [0.1, 0.15) is 5.60 Å². The maximum Gasteiger partial charge on any atom is 0.412 e. The summed E-state index contributed by atoms with van der Waals surface area (Å²) in [4.78, 5) is 39.7. The van der Waals surface area contributed by atoms with E-state index in [0.29, 0.717) is 22.4 Å². The summed E-state index contributed by atoms with van der Waals surface area (Å²) >= 11 is 0. The first-order chi connectivity index (χ1) is 14.2. The molecule has 0 fully saturated rings. The van der Waals surface area contributed by atoms with E-state index in [4.69, 9.17) is 4.74 Å². The van der Waals surface area contributed by atoms with E-state index in [1.165, 1.54) is 4.57 Å². The van der Waals surface area contributed by atoms with Crippen molar-refractivity contribution in [3.63, 3.8) is 0 Å². The van der Waals surface area contributed by atoms with Crippen LogP contribution in [0.3, 0.4) is 0 Å². The summed E-state index contributed by atoms with van der Waals surface area (Å²) in [6.07, 6.45) is -0.569. The van der Waals surface area contributed by atoms with Crippen molar-refractivity contribution in [2.75, 3.05) is 5.32 Å². The molecule has 4 aromatic rings. The fourth-order valence-electron chi connectivity index (χ4n) is 3.33. The van der Waals surface area contributed by atoms with Gasteiger partial charge < -0.3 is 9.72 Å². The van der Waals surface area contributed by atoms with Crippen LogP contribution in [0.5, 0.6) is 0 Å². The molecular weight excluding hydrogens is 382 g/mol. The number of rotatable bonds is 2. The Labute approximate surface area is 171 Å². The Kier molecular flexibility index (Phi) is 4.66. The van der Waals surface area contributed by atoms with Crippen molar-refractivity contribution < 1.29 is 9.53 Å². The number of H-pyrrole nitrogens is 1. The Morgan fingerprint density at radius 3 is 2.37 bits per heavy atom. The standard InChI is InChI=1S/C23H21N3O4/c1-23(2,3)30-22(29)24-15-9-11-16(12-10-15)26-18-13-8-14-6-4-5-7-17(14)19(18)25-20(27)21(26)28/h4-13H,1-3H3,(H,24,29)(H,25,27). The molecule has 0 aliphatic carbocycles. The topological polar surface area (TPSA) is 93.2 Å². The third kappa shape index (κ3) is 3.69. The molecule has 0 atom stereocenters. The normalized spacial score (nSPS) is 11.6. The van der Waals surface area contributed by atoms with E-state index in [2.05, 4.69) is 10.3 Å². The number of hydrogen-bond donors (Lipinski definition) is 2. The fourth-order valence-corrected chi connectivity index (χ4v) is 3.33. The van der Waals surface area contributed by atoms with Crippen LogP contribution in [0.2, 0.25) is 0 Å². The number of anilines is 1. The Morgan fingerprint density at radius 1 is 0.967 bits per heavy atom. The maximum absolute atomic E-state index is 12.7. The fraction of sp³-hybridized carbons (Fsp3) is 0.174. The van der Waals surface area contributed by atoms with Gasteiger partial charge in [0.15, 0.2) is 0 Å².